The zero-order valence-corrected chi connectivity index (χ0v) is 10.2. The molecule has 0 atom stereocenters. The Kier molecular flexibility index (Phi) is 4.57. The summed E-state index contributed by atoms with van der Waals surface area (Å²) in [7, 11) is 0. The molecule has 1 aliphatic rings. The summed E-state index contributed by atoms with van der Waals surface area (Å²) in [6.07, 6.45) is -3.11. The van der Waals surface area contributed by atoms with Gasteiger partial charge in [0.1, 0.15) is 11.4 Å². The number of hydrogen-bond donors (Lipinski definition) is 2. The number of amides is 1. The number of nitrogens with zero attached hydrogens (tertiary/aromatic N) is 2. The first kappa shape index (κ1) is 15.1. The third kappa shape index (κ3) is 3.49. The molecule has 1 heterocycles. The van der Waals surface area contributed by atoms with Crippen LogP contribution in [0.5, 0.6) is 0 Å². The van der Waals surface area contributed by atoms with E-state index in [-0.39, 0.29) is 32.1 Å². The normalized spacial score (nSPS) is 17.3. The third-order valence-electron chi connectivity index (χ3n) is 2.81. The number of nitrogens with one attached hydrogen (secondary N) is 1. The van der Waals surface area contributed by atoms with Crippen LogP contribution in [0.2, 0.25) is 0 Å². The number of alkyl halides is 3. The van der Waals surface area contributed by atoms with Crippen molar-refractivity contribution in [1.29, 1.82) is 5.41 Å². The number of carbonyl (C=O) groups excluding carboxylic acids is 1. The molecule has 1 fully saturated rings. The van der Waals surface area contributed by atoms with Crippen molar-refractivity contribution in [2.24, 2.45) is 5.73 Å². The summed E-state index contributed by atoms with van der Waals surface area (Å²) in [6, 6.07) is 0. The summed E-state index contributed by atoms with van der Waals surface area (Å²) in [4.78, 5) is 14.0. The number of halogens is 3. The molecule has 1 saturated heterocycles. The first-order valence-electron chi connectivity index (χ1n) is 5.55. The first-order valence-corrected chi connectivity index (χ1v) is 5.55. The minimum atomic E-state index is -4.65. The van der Waals surface area contributed by atoms with Gasteiger partial charge in [0.05, 0.1) is 0 Å². The highest BCUT2D eigenvalue weighted by atomic mass is 19.4. The van der Waals surface area contributed by atoms with Crippen LogP contribution in [0.4, 0.5) is 13.2 Å². The molecule has 0 unspecified atom stereocenters. The molecule has 1 amide bonds. The fraction of sp³-hybridized carbons (Fsp3) is 0.455. The smallest absolute Gasteiger partial charge is 0.404 e. The number of piperazine rings is 1. The fourth-order valence-corrected chi connectivity index (χ4v) is 1.76. The van der Waals surface area contributed by atoms with Crippen LogP contribution in [-0.4, -0.2) is 53.9 Å². The van der Waals surface area contributed by atoms with Gasteiger partial charge in [0.25, 0.3) is 0 Å². The standard InChI is InChI=1S/C11H15F3N4O/c1-2-9(19)17-3-5-18(6-4-17)10(16)8(7-15)11(12,13)14/h2,7,16H,1,3-6,15H2/b8-7+,16-10?. The Morgan fingerprint density at radius 2 is 1.68 bits per heavy atom. The molecule has 0 aromatic heterocycles. The second-order valence-electron chi connectivity index (χ2n) is 3.94. The van der Waals surface area contributed by atoms with Crippen molar-refractivity contribution in [2.45, 2.75) is 6.18 Å². The van der Waals surface area contributed by atoms with E-state index in [9.17, 15) is 18.0 Å². The lowest BCUT2D eigenvalue weighted by atomic mass is 10.2. The van der Waals surface area contributed by atoms with E-state index in [1.807, 2.05) is 0 Å². The maximum absolute atomic E-state index is 12.6. The minimum Gasteiger partial charge on any atom is -0.404 e. The van der Waals surface area contributed by atoms with Gasteiger partial charge >= 0.3 is 6.18 Å². The Labute approximate surface area is 108 Å². The van der Waals surface area contributed by atoms with E-state index >= 15 is 0 Å². The lowest BCUT2D eigenvalue weighted by Crippen LogP contribution is -2.51. The van der Waals surface area contributed by atoms with Gasteiger partial charge in [-0.25, -0.2) is 0 Å². The second-order valence-corrected chi connectivity index (χ2v) is 3.94. The topological polar surface area (TPSA) is 73.4 Å². The zero-order valence-electron chi connectivity index (χ0n) is 10.2. The van der Waals surface area contributed by atoms with Gasteiger partial charge in [-0.1, -0.05) is 6.58 Å². The maximum atomic E-state index is 12.6. The predicted octanol–water partition coefficient (Wildman–Crippen LogP) is 0.699. The van der Waals surface area contributed by atoms with Crippen LogP contribution in [0.25, 0.3) is 0 Å². The van der Waals surface area contributed by atoms with Gasteiger partial charge in [0, 0.05) is 32.4 Å². The predicted molar refractivity (Wildman–Crippen MR) is 64.4 cm³/mol. The van der Waals surface area contributed by atoms with Gasteiger partial charge in [-0.2, -0.15) is 13.2 Å². The SMILES string of the molecule is C=CC(=O)N1CCN(C(=N)/C(=C\N)C(F)(F)F)CC1. The fourth-order valence-electron chi connectivity index (χ4n) is 1.76. The molecule has 0 aromatic carbocycles. The van der Waals surface area contributed by atoms with Crippen molar-refractivity contribution in [3.63, 3.8) is 0 Å². The molecule has 0 aliphatic carbocycles. The number of hydrogen-bond acceptors (Lipinski definition) is 3. The molecule has 1 aliphatic heterocycles. The summed E-state index contributed by atoms with van der Waals surface area (Å²) in [5.41, 5.74) is 3.77. The highest BCUT2D eigenvalue weighted by molar-refractivity contribution is 5.97. The van der Waals surface area contributed by atoms with Gasteiger partial charge in [-0.3, -0.25) is 10.2 Å². The zero-order chi connectivity index (χ0) is 14.6. The number of nitrogens with two attached hydrogens (primary N) is 1. The Morgan fingerprint density at radius 3 is 2.05 bits per heavy atom. The van der Waals surface area contributed by atoms with Crippen molar-refractivity contribution in [3.05, 3.63) is 24.4 Å². The summed E-state index contributed by atoms with van der Waals surface area (Å²) < 4.78 is 37.8. The van der Waals surface area contributed by atoms with E-state index in [4.69, 9.17) is 11.1 Å². The Morgan fingerprint density at radius 1 is 1.21 bits per heavy atom. The van der Waals surface area contributed by atoms with E-state index in [1.165, 1.54) is 9.80 Å². The molecule has 0 aromatic rings. The van der Waals surface area contributed by atoms with E-state index in [0.717, 1.165) is 6.08 Å². The van der Waals surface area contributed by atoms with Crippen LogP contribution < -0.4 is 5.73 Å². The molecule has 1 rings (SSSR count). The minimum absolute atomic E-state index is 0.159. The molecule has 106 valence electrons. The number of carbonyl (C=O) groups is 1. The van der Waals surface area contributed by atoms with Crippen LogP contribution in [-0.2, 0) is 4.79 Å². The van der Waals surface area contributed by atoms with Crippen LogP contribution in [0.1, 0.15) is 0 Å². The molecule has 19 heavy (non-hydrogen) atoms. The largest absolute Gasteiger partial charge is 0.421 e. The molecular formula is C11H15F3N4O. The molecule has 8 heteroatoms. The lowest BCUT2D eigenvalue weighted by molar-refractivity contribution is -0.127. The average molecular weight is 276 g/mol. The Balaban J connectivity index is 2.68. The van der Waals surface area contributed by atoms with Crippen LogP contribution in [0, 0.1) is 5.41 Å². The van der Waals surface area contributed by atoms with Crippen LogP contribution >= 0.6 is 0 Å². The quantitative estimate of drug-likeness (QED) is 0.443. The average Bonchev–Trinajstić information content (AvgIpc) is 2.37. The van der Waals surface area contributed by atoms with Gasteiger partial charge in [-0.05, 0) is 6.08 Å². The van der Waals surface area contributed by atoms with E-state index in [0.29, 0.717) is 6.20 Å². The van der Waals surface area contributed by atoms with E-state index in [1.54, 1.807) is 0 Å². The van der Waals surface area contributed by atoms with Gasteiger partial charge < -0.3 is 15.5 Å². The van der Waals surface area contributed by atoms with Gasteiger partial charge in [-0.15, -0.1) is 0 Å². The summed E-state index contributed by atoms with van der Waals surface area (Å²) in [5, 5.41) is 7.55. The lowest BCUT2D eigenvalue weighted by Gasteiger charge is -2.36. The van der Waals surface area contributed by atoms with Gasteiger partial charge in [0.15, 0.2) is 0 Å². The summed E-state index contributed by atoms with van der Waals surface area (Å²) in [5.74, 6) is -0.933. The van der Waals surface area contributed by atoms with Crippen molar-refractivity contribution < 1.29 is 18.0 Å². The molecule has 3 N–H and O–H groups in total. The summed E-state index contributed by atoms with van der Waals surface area (Å²) >= 11 is 0. The molecule has 0 spiro atoms. The van der Waals surface area contributed by atoms with Crippen molar-refractivity contribution in [1.82, 2.24) is 9.80 Å². The Bertz CT molecular complexity index is 409. The molecule has 0 radical (unpaired) electrons. The van der Waals surface area contributed by atoms with Crippen molar-refractivity contribution in [2.75, 3.05) is 26.2 Å². The molecular weight excluding hydrogens is 261 g/mol. The molecule has 5 nitrogen and oxygen atoms in total. The molecule has 0 bridgehead atoms. The molecule has 0 saturated carbocycles. The second kappa shape index (κ2) is 5.77. The van der Waals surface area contributed by atoms with Crippen molar-refractivity contribution >= 4 is 11.7 Å². The highest BCUT2D eigenvalue weighted by Crippen LogP contribution is 2.26. The van der Waals surface area contributed by atoms with Crippen LogP contribution in [0.3, 0.4) is 0 Å². The first-order chi connectivity index (χ1) is 8.81. The number of amidine groups is 1. The highest BCUT2D eigenvalue weighted by Gasteiger charge is 2.38. The van der Waals surface area contributed by atoms with E-state index < -0.39 is 17.6 Å². The van der Waals surface area contributed by atoms with Crippen molar-refractivity contribution in [3.8, 4) is 0 Å². The summed E-state index contributed by atoms with van der Waals surface area (Å²) in [6.45, 7) is 4.17. The monoisotopic (exact) mass is 276 g/mol. The maximum Gasteiger partial charge on any atom is 0.421 e. The third-order valence-corrected chi connectivity index (χ3v) is 2.81. The van der Waals surface area contributed by atoms with E-state index in [2.05, 4.69) is 6.58 Å². The van der Waals surface area contributed by atoms with Crippen LogP contribution in [0.15, 0.2) is 24.4 Å². The number of rotatable bonds is 2. The van der Waals surface area contributed by atoms with Gasteiger partial charge in [0.2, 0.25) is 5.91 Å². The Hall–Kier alpha value is -1.99.